The summed E-state index contributed by atoms with van der Waals surface area (Å²) in [6.07, 6.45) is 5.83. The second-order valence-corrected chi connectivity index (χ2v) is 4.61. The molecular weight excluding hydrogens is 188 g/mol. The number of likely N-dealkylation sites (tertiary alicyclic amines) is 1. The molecule has 1 N–H and O–H groups in total. The van der Waals surface area contributed by atoms with Crippen LogP contribution in [-0.2, 0) is 0 Å². The molecule has 1 rings (SSSR count). The fourth-order valence-corrected chi connectivity index (χ4v) is 1.89. The number of hydrogen-bond donors (Lipinski definition) is 1. The smallest absolute Gasteiger partial charge is 0.317 e. The SMILES string of the molecule is CCCCCNC(=O)N1CCC(C)CC1. The molecule has 0 saturated carbocycles. The summed E-state index contributed by atoms with van der Waals surface area (Å²) in [5.74, 6) is 0.786. The van der Waals surface area contributed by atoms with E-state index in [-0.39, 0.29) is 6.03 Å². The zero-order valence-electron chi connectivity index (χ0n) is 10.1. The molecule has 3 heteroatoms. The minimum Gasteiger partial charge on any atom is -0.338 e. The first-order valence-corrected chi connectivity index (χ1v) is 6.26. The third-order valence-electron chi connectivity index (χ3n) is 3.13. The summed E-state index contributed by atoms with van der Waals surface area (Å²) >= 11 is 0. The zero-order chi connectivity index (χ0) is 11.1. The summed E-state index contributed by atoms with van der Waals surface area (Å²) in [7, 11) is 0. The molecule has 0 aromatic rings. The predicted molar refractivity (Wildman–Crippen MR) is 62.9 cm³/mol. The molecule has 0 radical (unpaired) electrons. The van der Waals surface area contributed by atoms with Crippen molar-refractivity contribution in [2.24, 2.45) is 5.92 Å². The molecule has 2 amide bonds. The van der Waals surface area contributed by atoms with Gasteiger partial charge >= 0.3 is 6.03 Å². The molecule has 0 aromatic carbocycles. The Morgan fingerprint density at radius 1 is 1.33 bits per heavy atom. The highest BCUT2D eigenvalue weighted by molar-refractivity contribution is 5.74. The summed E-state index contributed by atoms with van der Waals surface area (Å²) in [5.41, 5.74) is 0. The first-order chi connectivity index (χ1) is 7.24. The van der Waals surface area contributed by atoms with Gasteiger partial charge in [0.25, 0.3) is 0 Å². The predicted octanol–water partition coefficient (Wildman–Crippen LogP) is 2.62. The van der Waals surface area contributed by atoms with Gasteiger partial charge in [-0.15, -0.1) is 0 Å². The highest BCUT2D eigenvalue weighted by Gasteiger charge is 2.19. The van der Waals surface area contributed by atoms with Gasteiger partial charge in [0.15, 0.2) is 0 Å². The number of hydrogen-bond acceptors (Lipinski definition) is 1. The van der Waals surface area contributed by atoms with Crippen molar-refractivity contribution in [2.45, 2.75) is 46.0 Å². The first-order valence-electron chi connectivity index (χ1n) is 6.26. The van der Waals surface area contributed by atoms with E-state index in [1.165, 1.54) is 12.8 Å². The van der Waals surface area contributed by atoms with E-state index in [4.69, 9.17) is 0 Å². The van der Waals surface area contributed by atoms with Crippen molar-refractivity contribution in [3.05, 3.63) is 0 Å². The van der Waals surface area contributed by atoms with E-state index in [1.54, 1.807) is 0 Å². The molecule has 0 unspecified atom stereocenters. The van der Waals surface area contributed by atoms with Gasteiger partial charge in [-0.1, -0.05) is 26.7 Å². The van der Waals surface area contributed by atoms with Gasteiger partial charge in [0, 0.05) is 19.6 Å². The number of piperidine rings is 1. The highest BCUT2D eigenvalue weighted by atomic mass is 16.2. The van der Waals surface area contributed by atoms with Crippen molar-refractivity contribution in [3.8, 4) is 0 Å². The van der Waals surface area contributed by atoms with Gasteiger partial charge in [0.2, 0.25) is 0 Å². The fourth-order valence-electron chi connectivity index (χ4n) is 1.89. The molecule has 88 valence electrons. The normalized spacial score (nSPS) is 17.9. The van der Waals surface area contributed by atoms with E-state index in [2.05, 4.69) is 19.2 Å². The number of rotatable bonds is 4. The molecule has 0 atom stereocenters. The third-order valence-corrected chi connectivity index (χ3v) is 3.13. The Hall–Kier alpha value is -0.730. The zero-order valence-corrected chi connectivity index (χ0v) is 10.1. The minimum absolute atomic E-state index is 0.137. The quantitative estimate of drug-likeness (QED) is 0.714. The Labute approximate surface area is 93.2 Å². The third kappa shape index (κ3) is 4.54. The van der Waals surface area contributed by atoms with Crippen LogP contribution in [0, 0.1) is 5.92 Å². The van der Waals surface area contributed by atoms with Crippen molar-refractivity contribution in [1.82, 2.24) is 10.2 Å². The van der Waals surface area contributed by atoms with Crippen LogP contribution in [-0.4, -0.2) is 30.6 Å². The standard InChI is InChI=1S/C12H24N2O/c1-3-4-5-8-13-12(15)14-9-6-11(2)7-10-14/h11H,3-10H2,1-2H3,(H,13,15). The van der Waals surface area contributed by atoms with Crippen molar-refractivity contribution in [1.29, 1.82) is 0 Å². The van der Waals surface area contributed by atoms with Gasteiger partial charge in [-0.2, -0.15) is 0 Å². The maximum Gasteiger partial charge on any atom is 0.317 e. The van der Waals surface area contributed by atoms with Gasteiger partial charge in [0.05, 0.1) is 0 Å². The molecule has 0 bridgehead atoms. The highest BCUT2D eigenvalue weighted by Crippen LogP contribution is 2.15. The van der Waals surface area contributed by atoms with Gasteiger partial charge < -0.3 is 10.2 Å². The van der Waals surface area contributed by atoms with Crippen molar-refractivity contribution >= 4 is 6.03 Å². The van der Waals surface area contributed by atoms with Crippen LogP contribution in [0.1, 0.15) is 46.0 Å². The van der Waals surface area contributed by atoms with E-state index in [0.29, 0.717) is 0 Å². The van der Waals surface area contributed by atoms with Crippen LogP contribution in [0.25, 0.3) is 0 Å². The Bertz CT molecular complexity index is 186. The van der Waals surface area contributed by atoms with Crippen molar-refractivity contribution < 1.29 is 4.79 Å². The molecule has 0 aliphatic carbocycles. The van der Waals surface area contributed by atoms with Crippen LogP contribution in [0.15, 0.2) is 0 Å². The van der Waals surface area contributed by atoms with Crippen LogP contribution in [0.3, 0.4) is 0 Å². The summed E-state index contributed by atoms with van der Waals surface area (Å²) in [6.45, 7) is 7.13. The second kappa shape index (κ2) is 6.70. The van der Waals surface area contributed by atoms with Crippen LogP contribution in [0.4, 0.5) is 4.79 Å². The molecule has 1 saturated heterocycles. The summed E-state index contributed by atoms with van der Waals surface area (Å²) in [6, 6.07) is 0.137. The maximum absolute atomic E-state index is 11.7. The lowest BCUT2D eigenvalue weighted by molar-refractivity contribution is 0.174. The van der Waals surface area contributed by atoms with Gasteiger partial charge in [0.1, 0.15) is 0 Å². The van der Waals surface area contributed by atoms with Crippen LogP contribution >= 0.6 is 0 Å². The molecule has 1 aliphatic rings. The molecule has 1 aliphatic heterocycles. The van der Waals surface area contributed by atoms with Gasteiger partial charge in [-0.25, -0.2) is 4.79 Å². The maximum atomic E-state index is 11.7. The summed E-state index contributed by atoms with van der Waals surface area (Å²) < 4.78 is 0. The molecule has 15 heavy (non-hydrogen) atoms. The lowest BCUT2D eigenvalue weighted by Crippen LogP contribution is -2.44. The second-order valence-electron chi connectivity index (χ2n) is 4.61. The number of urea groups is 1. The Morgan fingerprint density at radius 2 is 2.00 bits per heavy atom. The molecular formula is C12H24N2O. The number of amides is 2. The molecule has 0 aromatic heterocycles. The van der Waals surface area contributed by atoms with Crippen LogP contribution in [0.2, 0.25) is 0 Å². The number of unbranched alkanes of at least 4 members (excludes halogenated alkanes) is 2. The minimum atomic E-state index is 0.137. The van der Waals surface area contributed by atoms with Gasteiger partial charge in [-0.3, -0.25) is 0 Å². The lowest BCUT2D eigenvalue weighted by Gasteiger charge is -2.30. The number of nitrogens with one attached hydrogen (secondary N) is 1. The van der Waals surface area contributed by atoms with E-state index in [9.17, 15) is 4.79 Å². The van der Waals surface area contributed by atoms with Crippen molar-refractivity contribution in [2.75, 3.05) is 19.6 Å². The number of carbonyl (C=O) groups is 1. The molecule has 1 fully saturated rings. The van der Waals surface area contributed by atoms with E-state index in [0.717, 1.165) is 44.8 Å². The topological polar surface area (TPSA) is 32.3 Å². The Morgan fingerprint density at radius 3 is 2.60 bits per heavy atom. The molecule has 0 spiro atoms. The van der Waals surface area contributed by atoms with E-state index < -0.39 is 0 Å². The van der Waals surface area contributed by atoms with E-state index >= 15 is 0 Å². The molecule has 3 nitrogen and oxygen atoms in total. The van der Waals surface area contributed by atoms with Crippen LogP contribution < -0.4 is 5.32 Å². The fraction of sp³-hybridized carbons (Fsp3) is 0.917. The lowest BCUT2D eigenvalue weighted by atomic mass is 10.00. The first kappa shape index (κ1) is 12.3. The molecule has 1 heterocycles. The van der Waals surface area contributed by atoms with Crippen molar-refractivity contribution in [3.63, 3.8) is 0 Å². The average Bonchev–Trinajstić information content (AvgIpc) is 2.25. The van der Waals surface area contributed by atoms with Crippen LogP contribution in [0.5, 0.6) is 0 Å². The monoisotopic (exact) mass is 212 g/mol. The Balaban J connectivity index is 2.11. The van der Waals surface area contributed by atoms with Gasteiger partial charge in [-0.05, 0) is 25.2 Å². The Kier molecular flexibility index (Phi) is 5.51. The van der Waals surface area contributed by atoms with E-state index in [1.807, 2.05) is 4.90 Å². The average molecular weight is 212 g/mol. The number of carbonyl (C=O) groups excluding carboxylic acids is 1. The number of nitrogens with zero attached hydrogens (tertiary/aromatic N) is 1. The summed E-state index contributed by atoms with van der Waals surface area (Å²) in [4.78, 5) is 13.6. The largest absolute Gasteiger partial charge is 0.338 e. The summed E-state index contributed by atoms with van der Waals surface area (Å²) in [5, 5.41) is 2.99.